The van der Waals surface area contributed by atoms with E-state index in [1.165, 1.54) is 36.9 Å². The lowest BCUT2D eigenvalue weighted by atomic mass is 9.70. The van der Waals surface area contributed by atoms with E-state index in [0.29, 0.717) is 0 Å². The normalized spacial score (nSPS) is 33.8. The Morgan fingerprint density at radius 2 is 1.91 bits per heavy atom. The zero-order valence-electron chi connectivity index (χ0n) is 6.51. The van der Waals surface area contributed by atoms with E-state index in [0.717, 1.165) is 11.8 Å². The maximum absolute atomic E-state index is 4.12. The summed E-state index contributed by atoms with van der Waals surface area (Å²) in [5, 5.41) is 7.26. The van der Waals surface area contributed by atoms with Gasteiger partial charge in [0.05, 0.1) is 6.20 Å². The first-order chi connectivity index (χ1) is 5.45. The predicted molar refractivity (Wildman–Crippen MR) is 42.5 cm³/mol. The Hall–Kier alpha value is -0.790. The highest BCUT2D eigenvalue weighted by Crippen LogP contribution is 2.47. The molecule has 1 heterocycles. The van der Waals surface area contributed by atoms with Crippen LogP contribution in [0.5, 0.6) is 0 Å². The zero-order valence-corrected chi connectivity index (χ0v) is 6.51. The lowest BCUT2D eigenvalue weighted by Gasteiger charge is -2.34. The molecule has 11 heavy (non-hydrogen) atoms. The number of rotatable bonds is 0. The molecule has 0 aliphatic heterocycles. The summed E-state index contributed by atoms with van der Waals surface area (Å²) in [5.41, 5.74) is 2.97. The quantitative estimate of drug-likeness (QED) is 0.600. The van der Waals surface area contributed by atoms with E-state index in [2.05, 4.69) is 10.2 Å². The van der Waals surface area contributed by atoms with E-state index in [1.54, 1.807) is 0 Å². The lowest BCUT2D eigenvalue weighted by Crippen LogP contribution is -2.20. The molecule has 1 saturated carbocycles. The van der Waals surface area contributed by atoms with Gasteiger partial charge in [-0.15, -0.1) is 0 Å². The molecule has 3 aliphatic rings. The Morgan fingerprint density at radius 1 is 1.18 bits per heavy atom. The van der Waals surface area contributed by atoms with Gasteiger partial charge in [0.25, 0.3) is 0 Å². The summed E-state index contributed by atoms with van der Waals surface area (Å²) in [4.78, 5) is 0. The number of hydrogen-bond acceptors (Lipinski definition) is 1. The molecule has 3 aliphatic carbocycles. The first-order valence-electron chi connectivity index (χ1n) is 4.48. The number of nitrogens with one attached hydrogen (secondary N) is 1. The fourth-order valence-electron chi connectivity index (χ4n) is 2.65. The fraction of sp³-hybridized carbons (Fsp3) is 0.667. The average molecular weight is 148 g/mol. The van der Waals surface area contributed by atoms with Crippen LogP contribution in [0.4, 0.5) is 0 Å². The van der Waals surface area contributed by atoms with Gasteiger partial charge in [-0.3, -0.25) is 5.10 Å². The lowest BCUT2D eigenvalue weighted by molar-refractivity contribution is 0.354. The van der Waals surface area contributed by atoms with Crippen molar-refractivity contribution in [2.75, 3.05) is 0 Å². The van der Waals surface area contributed by atoms with Crippen molar-refractivity contribution in [1.29, 1.82) is 0 Å². The predicted octanol–water partition coefficient (Wildman–Crippen LogP) is 2.16. The highest BCUT2D eigenvalue weighted by atomic mass is 15.1. The molecule has 2 heteroatoms. The van der Waals surface area contributed by atoms with E-state index in [1.807, 2.05) is 6.20 Å². The van der Waals surface area contributed by atoms with Gasteiger partial charge in [-0.05, 0) is 37.2 Å². The Kier molecular flexibility index (Phi) is 0.989. The van der Waals surface area contributed by atoms with Gasteiger partial charge in [0.15, 0.2) is 0 Å². The first-order valence-corrected chi connectivity index (χ1v) is 4.48. The van der Waals surface area contributed by atoms with Gasteiger partial charge >= 0.3 is 0 Å². The van der Waals surface area contributed by atoms with Gasteiger partial charge < -0.3 is 0 Å². The van der Waals surface area contributed by atoms with E-state index in [4.69, 9.17) is 0 Å². The van der Waals surface area contributed by atoms with Gasteiger partial charge in [-0.2, -0.15) is 5.10 Å². The van der Waals surface area contributed by atoms with Crippen molar-refractivity contribution in [3.63, 3.8) is 0 Å². The van der Waals surface area contributed by atoms with Crippen LogP contribution in [-0.4, -0.2) is 10.2 Å². The van der Waals surface area contributed by atoms with Crippen molar-refractivity contribution in [2.24, 2.45) is 0 Å². The zero-order chi connectivity index (χ0) is 7.26. The Balaban J connectivity index is 2.19. The molecule has 0 unspecified atom stereocenters. The maximum Gasteiger partial charge on any atom is 0.0525 e. The minimum absolute atomic E-state index is 0.817. The molecule has 0 amide bonds. The number of nitrogens with zero attached hydrogens (tertiary/aromatic N) is 1. The van der Waals surface area contributed by atoms with Gasteiger partial charge in [0, 0.05) is 11.6 Å². The van der Waals surface area contributed by atoms with Gasteiger partial charge in [-0.1, -0.05) is 0 Å². The second-order valence-corrected chi connectivity index (χ2v) is 3.79. The van der Waals surface area contributed by atoms with Crippen LogP contribution in [-0.2, 0) is 0 Å². The molecule has 2 bridgehead atoms. The van der Waals surface area contributed by atoms with E-state index < -0.39 is 0 Å². The molecule has 1 fully saturated rings. The summed E-state index contributed by atoms with van der Waals surface area (Å²) < 4.78 is 0. The summed E-state index contributed by atoms with van der Waals surface area (Å²) in [5.74, 6) is 1.66. The highest BCUT2D eigenvalue weighted by Gasteiger charge is 2.33. The Labute approximate surface area is 66.0 Å². The largest absolute Gasteiger partial charge is 0.282 e. The van der Waals surface area contributed by atoms with Gasteiger partial charge in [0.2, 0.25) is 0 Å². The SMILES string of the molecule is c1n[nH]c2c1C1CCC2CC1. The summed E-state index contributed by atoms with van der Waals surface area (Å²) >= 11 is 0. The van der Waals surface area contributed by atoms with E-state index in [-0.39, 0.29) is 0 Å². The molecule has 58 valence electrons. The molecular weight excluding hydrogens is 136 g/mol. The Bertz CT molecular complexity index is 242. The van der Waals surface area contributed by atoms with Gasteiger partial charge in [0.1, 0.15) is 0 Å². The summed E-state index contributed by atoms with van der Waals surface area (Å²) in [6.45, 7) is 0. The molecule has 1 N–H and O–H groups in total. The molecule has 2 nitrogen and oxygen atoms in total. The van der Waals surface area contributed by atoms with Crippen LogP contribution in [0.25, 0.3) is 0 Å². The van der Waals surface area contributed by atoms with Crippen LogP contribution in [0.3, 0.4) is 0 Å². The summed E-state index contributed by atoms with van der Waals surface area (Å²) in [6, 6.07) is 0. The number of fused-ring (bicyclic) bond motifs is 2. The second kappa shape index (κ2) is 1.87. The standard InChI is InChI=1S/C9H12N2/c1-3-7-4-2-6(1)8-5-10-11-9(7)8/h5-7H,1-4H2,(H,10,11). The molecule has 0 saturated heterocycles. The van der Waals surface area contributed by atoms with Crippen molar-refractivity contribution >= 4 is 0 Å². The molecule has 0 atom stereocenters. The maximum atomic E-state index is 4.12. The molecule has 1 aromatic rings. The average Bonchev–Trinajstić information content (AvgIpc) is 2.55. The highest BCUT2D eigenvalue weighted by molar-refractivity contribution is 5.30. The number of H-pyrrole nitrogens is 1. The number of aromatic amines is 1. The van der Waals surface area contributed by atoms with Crippen LogP contribution in [0, 0.1) is 0 Å². The smallest absolute Gasteiger partial charge is 0.0525 e. The molecule has 0 aromatic carbocycles. The van der Waals surface area contributed by atoms with Crippen molar-refractivity contribution in [3.05, 3.63) is 17.5 Å². The van der Waals surface area contributed by atoms with Crippen LogP contribution >= 0.6 is 0 Å². The second-order valence-electron chi connectivity index (χ2n) is 3.79. The molecule has 4 rings (SSSR count). The van der Waals surface area contributed by atoms with Crippen molar-refractivity contribution in [2.45, 2.75) is 37.5 Å². The summed E-state index contributed by atoms with van der Waals surface area (Å²) in [7, 11) is 0. The third kappa shape index (κ3) is 0.647. The third-order valence-corrected chi connectivity index (χ3v) is 3.27. The van der Waals surface area contributed by atoms with Crippen LogP contribution in [0.2, 0.25) is 0 Å². The van der Waals surface area contributed by atoms with Crippen molar-refractivity contribution in [3.8, 4) is 0 Å². The first kappa shape index (κ1) is 5.81. The monoisotopic (exact) mass is 148 g/mol. The van der Waals surface area contributed by atoms with E-state index >= 15 is 0 Å². The van der Waals surface area contributed by atoms with Crippen molar-refractivity contribution < 1.29 is 0 Å². The number of aromatic nitrogens is 2. The molecule has 1 aromatic heterocycles. The topological polar surface area (TPSA) is 28.7 Å². The van der Waals surface area contributed by atoms with Crippen molar-refractivity contribution in [1.82, 2.24) is 10.2 Å². The fourth-order valence-corrected chi connectivity index (χ4v) is 2.65. The minimum atomic E-state index is 0.817. The Morgan fingerprint density at radius 3 is 2.64 bits per heavy atom. The summed E-state index contributed by atoms with van der Waals surface area (Å²) in [6.07, 6.45) is 7.61. The van der Waals surface area contributed by atoms with E-state index in [9.17, 15) is 0 Å². The molecule has 0 spiro atoms. The molecule has 0 radical (unpaired) electrons. The number of hydrogen-bond donors (Lipinski definition) is 1. The van der Waals surface area contributed by atoms with Crippen LogP contribution in [0.1, 0.15) is 48.8 Å². The van der Waals surface area contributed by atoms with Crippen LogP contribution < -0.4 is 0 Å². The molecular formula is C9H12N2. The van der Waals surface area contributed by atoms with Gasteiger partial charge in [-0.25, -0.2) is 0 Å². The minimum Gasteiger partial charge on any atom is -0.282 e. The van der Waals surface area contributed by atoms with Crippen LogP contribution in [0.15, 0.2) is 6.20 Å². The third-order valence-electron chi connectivity index (χ3n) is 3.27.